The van der Waals surface area contributed by atoms with Crippen molar-refractivity contribution in [1.82, 2.24) is 19.7 Å². The lowest BCUT2D eigenvalue weighted by molar-refractivity contribution is -0.385. The summed E-state index contributed by atoms with van der Waals surface area (Å²) in [6.07, 6.45) is 2.80. The third-order valence-electron chi connectivity index (χ3n) is 2.19. The molecule has 8 nitrogen and oxygen atoms in total. The average Bonchev–Trinajstić information content (AvgIpc) is 2.73. The van der Waals surface area contributed by atoms with Crippen LogP contribution in [0.3, 0.4) is 0 Å². The molecular weight excluding hydrogens is 224 g/mol. The fraction of sp³-hybridized carbons (Fsp3) is 0.222. The molecule has 2 rings (SSSR count). The van der Waals surface area contributed by atoms with E-state index < -0.39 is 4.92 Å². The van der Waals surface area contributed by atoms with Gasteiger partial charge >= 0.3 is 0 Å². The molecule has 0 aliphatic carbocycles. The Morgan fingerprint density at radius 2 is 2.35 bits per heavy atom. The topological polar surface area (TPSA) is 98.8 Å². The van der Waals surface area contributed by atoms with Crippen LogP contribution < -0.4 is 5.32 Å². The van der Waals surface area contributed by atoms with Crippen molar-refractivity contribution in [3.05, 3.63) is 40.6 Å². The molecule has 0 saturated heterocycles. The van der Waals surface area contributed by atoms with E-state index in [0.717, 1.165) is 5.82 Å². The van der Waals surface area contributed by atoms with Gasteiger partial charge in [0.1, 0.15) is 18.3 Å². The van der Waals surface area contributed by atoms with Crippen molar-refractivity contribution in [2.75, 3.05) is 5.32 Å². The molecule has 0 saturated carbocycles. The molecule has 8 heteroatoms. The van der Waals surface area contributed by atoms with E-state index in [1.807, 2.05) is 7.05 Å². The molecule has 88 valence electrons. The minimum atomic E-state index is -0.487. The normalized spacial score (nSPS) is 10.2. The van der Waals surface area contributed by atoms with Crippen LogP contribution in [-0.2, 0) is 13.6 Å². The molecule has 0 aliphatic heterocycles. The number of nitrogens with zero attached hydrogens (tertiary/aromatic N) is 5. The van der Waals surface area contributed by atoms with Gasteiger partial charge in [-0.2, -0.15) is 0 Å². The summed E-state index contributed by atoms with van der Waals surface area (Å²) >= 11 is 0. The van der Waals surface area contributed by atoms with E-state index in [1.54, 1.807) is 17.0 Å². The maximum atomic E-state index is 10.4. The molecule has 1 N–H and O–H groups in total. The molecule has 0 atom stereocenters. The van der Waals surface area contributed by atoms with Crippen LogP contribution in [-0.4, -0.2) is 24.7 Å². The van der Waals surface area contributed by atoms with Gasteiger partial charge in [0.05, 0.1) is 11.5 Å². The first-order valence-corrected chi connectivity index (χ1v) is 4.84. The Kier molecular flexibility index (Phi) is 2.95. The minimum absolute atomic E-state index is 0.0331. The number of rotatable bonds is 4. The van der Waals surface area contributed by atoms with Gasteiger partial charge in [0.25, 0.3) is 5.69 Å². The summed E-state index contributed by atoms with van der Waals surface area (Å²) in [6.45, 7) is 0.460. The first kappa shape index (κ1) is 11.0. The Balaban J connectivity index is 2.00. The number of nitro groups is 1. The predicted octanol–water partition coefficient (Wildman–Crippen LogP) is 0.730. The summed E-state index contributed by atoms with van der Waals surface area (Å²) in [7, 11) is 1.83. The molecule has 2 aromatic rings. The quantitative estimate of drug-likeness (QED) is 0.618. The fourth-order valence-corrected chi connectivity index (χ4v) is 1.24. The number of nitrogens with one attached hydrogen (secondary N) is 1. The highest BCUT2D eigenvalue weighted by molar-refractivity contribution is 5.40. The van der Waals surface area contributed by atoms with Gasteiger partial charge in [-0.15, -0.1) is 10.2 Å². The molecule has 0 aliphatic rings. The Labute approximate surface area is 96.5 Å². The zero-order chi connectivity index (χ0) is 12.3. The van der Waals surface area contributed by atoms with E-state index in [1.165, 1.54) is 12.3 Å². The summed E-state index contributed by atoms with van der Waals surface area (Å²) < 4.78 is 1.78. The van der Waals surface area contributed by atoms with E-state index in [-0.39, 0.29) is 5.69 Å². The zero-order valence-corrected chi connectivity index (χ0v) is 9.07. The lowest BCUT2D eigenvalue weighted by Gasteiger charge is -2.03. The molecule has 0 bridgehead atoms. The van der Waals surface area contributed by atoms with Crippen molar-refractivity contribution in [2.45, 2.75) is 6.54 Å². The smallest absolute Gasteiger partial charge is 0.287 e. The summed E-state index contributed by atoms with van der Waals surface area (Å²) in [5, 5.41) is 21.0. The number of hydrogen-bond acceptors (Lipinski definition) is 6. The second-order valence-corrected chi connectivity index (χ2v) is 3.37. The summed E-state index contributed by atoms with van der Waals surface area (Å²) in [6, 6.07) is 2.94. The van der Waals surface area contributed by atoms with Crippen molar-refractivity contribution in [2.24, 2.45) is 7.05 Å². The van der Waals surface area contributed by atoms with Gasteiger partial charge < -0.3 is 9.88 Å². The molecule has 0 unspecified atom stereocenters. The summed E-state index contributed by atoms with van der Waals surface area (Å²) in [5.41, 5.74) is -0.0331. The SMILES string of the molecule is Cn1cnnc1CNc1ccc([N+](=O)[O-])cn1. The van der Waals surface area contributed by atoms with Gasteiger partial charge in [-0.25, -0.2) is 4.98 Å². The third-order valence-corrected chi connectivity index (χ3v) is 2.19. The maximum absolute atomic E-state index is 10.4. The first-order valence-electron chi connectivity index (χ1n) is 4.84. The highest BCUT2D eigenvalue weighted by Crippen LogP contribution is 2.12. The van der Waals surface area contributed by atoms with E-state index in [9.17, 15) is 10.1 Å². The first-order chi connectivity index (χ1) is 8.16. The molecule has 0 radical (unpaired) electrons. The monoisotopic (exact) mass is 234 g/mol. The van der Waals surface area contributed by atoms with Crippen LogP contribution in [0.25, 0.3) is 0 Å². The van der Waals surface area contributed by atoms with Crippen molar-refractivity contribution >= 4 is 11.5 Å². The van der Waals surface area contributed by atoms with Crippen LogP contribution in [0.2, 0.25) is 0 Å². The van der Waals surface area contributed by atoms with Crippen LogP contribution in [0.5, 0.6) is 0 Å². The third kappa shape index (κ3) is 2.54. The van der Waals surface area contributed by atoms with Crippen molar-refractivity contribution < 1.29 is 4.92 Å². The van der Waals surface area contributed by atoms with E-state index in [2.05, 4.69) is 20.5 Å². The minimum Gasteiger partial charge on any atom is -0.363 e. The van der Waals surface area contributed by atoms with Crippen molar-refractivity contribution in [3.8, 4) is 0 Å². The highest BCUT2D eigenvalue weighted by atomic mass is 16.6. The van der Waals surface area contributed by atoms with Gasteiger partial charge in [-0.05, 0) is 6.07 Å². The Morgan fingerprint density at radius 1 is 1.53 bits per heavy atom. The Morgan fingerprint density at radius 3 is 2.88 bits per heavy atom. The van der Waals surface area contributed by atoms with Gasteiger partial charge in [0, 0.05) is 13.1 Å². The van der Waals surface area contributed by atoms with Crippen LogP contribution >= 0.6 is 0 Å². The van der Waals surface area contributed by atoms with Crippen LogP contribution in [0.4, 0.5) is 11.5 Å². The molecule has 0 amide bonds. The molecular formula is C9H10N6O2. The highest BCUT2D eigenvalue weighted by Gasteiger charge is 2.05. The lowest BCUT2D eigenvalue weighted by atomic mass is 10.4. The van der Waals surface area contributed by atoms with Gasteiger partial charge in [0.2, 0.25) is 0 Å². The summed E-state index contributed by atoms with van der Waals surface area (Å²) in [4.78, 5) is 13.9. The second kappa shape index (κ2) is 4.56. The van der Waals surface area contributed by atoms with Crippen LogP contribution in [0, 0.1) is 10.1 Å². The van der Waals surface area contributed by atoms with Crippen molar-refractivity contribution in [1.29, 1.82) is 0 Å². The standard InChI is InChI=1S/C9H10N6O2/c1-14-6-12-13-9(14)5-11-8-3-2-7(4-10-8)15(16)17/h2-4,6H,5H2,1H3,(H,10,11). The number of hydrogen-bond donors (Lipinski definition) is 1. The second-order valence-electron chi connectivity index (χ2n) is 3.37. The van der Waals surface area contributed by atoms with E-state index in [0.29, 0.717) is 12.4 Å². The lowest BCUT2D eigenvalue weighted by Crippen LogP contribution is -2.06. The molecule has 2 heterocycles. The summed E-state index contributed by atoms with van der Waals surface area (Å²) in [5.74, 6) is 1.31. The molecule has 17 heavy (non-hydrogen) atoms. The molecule has 0 spiro atoms. The van der Waals surface area contributed by atoms with Crippen LogP contribution in [0.1, 0.15) is 5.82 Å². The number of aryl methyl sites for hydroxylation is 1. The Hall–Kier alpha value is -2.51. The Bertz CT molecular complexity index is 521. The maximum Gasteiger partial charge on any atom is 0.287 e. The molecule has 2 aromatic heterocycles. The predicted molar refractivity (Wildman–Crippen MR) is 59.2 cm³/mol. The number of pyridine rings is 1. The molecule has 0 aromatic carbocycles. The van der Waals surface area contributed by atoms with Crippen molar-refractivity contribution in [3.63, 3.8) is 0 Å². The van der Waals surface area contributed by atoms with E-state index >= 15 is 0 Å². The van der Waals surface area contributed by atoms with E-state index in [4.69, 9.17) is 0 Å². The van der Waals surface area contributed by atoms with Crippen LogP contribution in [0.15, 0.2) is 24.7 Å². The number of aromatic nitrogens is 4. The van der Waals surface area contributed by atoms with Gasteiger partial charge in [-0.3, -0.25) is 10.1 Å². The molecule has 0 fully saturated rings. The van der Waals surface area contributed by atoms with Gasteiger partial charge in [-0.1, -0.05) is 0 Å². The number of anilines is 1. The van der Waals surface area contributed by atoms with Gasteiger partial charge in [0.15, 0.2) is 5.82 Å². The zero-order valence-electron chi connectivity index (χ0n) is 9.07. The largest absolute Gasteiger partial charge is 0.363 e. The fourth-order valence-electron chi connectivity index (χ4n) is 1.24. The average molecular weight is 234 g/mol.